The van der Waals surface area contributed by atoms with Gasteiger partial charge in [0, 0.05) is 12.1 Å². The number of benzene rings is 3. The zero-order valence-corrected chi connectivity index (χ0v) is 28.3. The van der Waals surface area contributed by atoms with Gasteiger partial charge in [-0.1, -0.05) is 49.4 Å². The number of esters is 1. The summed E-state index contributed by atoms with van der Waals surface area (Å²) < 4.78 is 23.0. The molecule has 3 atom stereocenters. The molecule has 1 aliphatic rings. The van der Waals surface area contributed by atoms with E-state index in [9.17, 15) is 19.5 Å². The summed E-state index contributed by atoms with van der Waals surface area (Å²) in [6.45, 7) is 7.93. The molecule has 9 nitrogen and oxygen atoms in total. The van der Waals surface area contributed by atoms with E-state index in [1.165, 1.54) is 11.1 Å². The standard InChI is InChI=1S/C38H47NO8/c1-7-29(28-21-26(4)36(45-6)34(22-28)44-5)37(42)39-19-11-10-13-31(39)38(43)47-33(18-17-27-16-15-24(2)25(3)20-27)30-12-8-9-14-32(30)46-23-35(40)41/h8-9,12,14-16,20-22,29,31,33H,7,10-11,13,17-19,23H2,1-6H3,(H,40,41)/t29-,31-,33+/m0/s1. The van der Waals surface area contributed by atoms with E-state index in [0.29, 0.717) is 55.0 Å². The van der Waals surface area contributed by atoms with Gasteiger partial charge in [0.2, 0.25) is 5.91 Å². The lowest BCUT2D eigenvalue weighted by Crippen LogP contribution is -2.50. The lowest BCUT2D eigenvalue weighted by atomic mass is 9.91. The molecule has 0 spiro atoms. The smallest absolute Gasteiger partial charge is 0.341 e. The van der Waals surface area contributed by atoms with Crippen molar-refractivity contribution in [3.63, 3.8) is 0 Å². The molecular weight excluding hydrogens is 598 g/mol. The molecule has 4 rings (SSSR count). The summed E-state index contributed by atoms with van der Waals surface area (Å²) in [6.07, 6.45) is 2.97. The van der Waals surface area contributed by atoms with Crippen molar-refractivity contribution < 1.29 is 38.4 Å². The lowest BCUT2D eigenvalue weighted by molar-refractivity contribution is -0.162. The molecule has 0 aliphatic carbocycles. The Morgan fingerprint density at radius 2 is 1.68 bits per heavy atom. The quantitative estimate of drug-likeness (QED) is 0.189. The van der Waals surface area contributed by atoms with Gasteiger partial charge < -0.3 is 29.0 Å². The molecule has 1 N–H and O–H groups in total. The summed E-state index contributed by atoms with van der Waals surface area (Å²) >= 11 is 0. The first kappa shape index (κ1) is 35.3. The van der Waals surface area contributed by atoms with Gasteiger partial charge in [-0.05, 0) is 99.2 Å². The molecule has 0 bridgehead atoms. The number of para-hydroxylation sites is 1. The summed E-state index contributed by atoms with van der Waals surface area (Å²) in [6, 6.07) is 16.4. The van der Waals surface area contributed by atoms with Crippen LogP contribution in [0.1, 0.15) is 84.4 Å². The molecule has 0 unspecified atom stereocenters. The number of hydrogen-bond acceptors (Lipinski definition) is 7. The van der Waals surface area contributed by atoms with Gasteiger partial charge in [0.1, 0.15) is 17.9 Å². The van der Waals surface area contributed by atoms with Gasteiger partial charge >= 0.3 is 11.9 Å². The van der Waals surface area contributed by atoms with Crippen molar-refractivity contribution in [1.29, 1.82) is 0 Å². The van der Waals surface area contributed by atoms with E-state index < -0.39 is 36.6 Å². The molecule has 9 heteroatoms. The number of likely N-dealkylation sites (tertiary alicyclic amines) is 1. The van der Waals surface area contributed by atoms with Crippen LogP contribution in [0.2, 0.25) is 0 Å². The zero-order chi connectivity index (χ0) is 34.1. The van der Waals surface area contributed by atoms with Crippen molar-refractivity contribution in [2.24, 2.45) is 0 Å². The highest BCUT2D eigenvalue weighted by Gasteiger charge is 2.38. The Bertz CT molecular complexity index is 1570. The van der Waals surface area contributed by atoms with E-state index in [4.69, 9.17) is 18.9 Å². The highest BCUT2D eigenvalue weighted by molar-refractivity contribution is 5.89. The number of methoxy groups -OCH3 is 2. The number of ether oxygens (including phenoxy) is 4. The van der Waals surface area contributed by atoms with Crippen LogP contribution < -0.4 is 14.2 Å². The maximum Gasteiger partial charge on any atom is 0.341 e. The van der Waals surface area contributed by atoms with Crippen molar-refractivity contribution in [2.45, 2.75) is 84.3 Å². The average Bonchev–Trinajstić information content (AvgIpc) is 3.07. The van der Waals surface area contributed by atoms with Crippen LogP contribution in [-0.4, -0.2) is 61.3 Å². The number of carboxylic acids is 1. The van der Waals surface area contributed by atoms with Gasteiger partial charge in [-0.2, -0.15) is 0 Å². The SMILES string of the molecule is CC[C@H](C(=O)N1CCCC[C@H]1C(=O)O[C@H](CCc1ccc(C)c(C)c1)c1ccccc1OCC(=O)O)c1cc(C)c(OC)c(OC)c1. The summed E-state index contributed by atoms with van der Waals surface area (Å²) in [7, 11) is 3.16. The molecule has 47 heavy (non-hydrogen) atoms. The normalized spacial score (nSPS) is 15.8. The Hall–Kier alpha value is -4.53. The summed E-state index contributed by atoms with van der Waals surface area (Å²) in [5.41, 5.74) is 5.72. The highest BCUT2D eigenvalue weighted by atomic mass is 16.5. The minimum atomic E-state index is -1.10. The third-order valence-corrected chi connectivity index (χ3v) is 9.00. The maximum absolute atomic E-state index is 14.2. The highest BCUT2D eigenvalue weighted by Crippen LogP contribution is 2.37. The first-order valence-electron chi connectivity index (χ1n) is 16.3. The van der Waals surface area contributed by atoms with Crippen LogP contribution in [0, 0.1) is 20.8 Å². The predicted octanol–water partition coefficient (Wildman–Crippen LogP) is 6.88. The number of carbonyl (C=O) groups is 3. The summed E-state index contributed by atoms with van der Waals surface area (Å²) in [5.74, 6) is -0.662. The van der Waals surface area contributed by atoms with Gasteiger partial charge in [-0.25, -0.2) is 9.59 Å². The Labute approximate surface area is 277 Å². The number of rotatable bonds is 14. The fourth-order valence-electron chi connectivity index (χ4n) is 6.35. The van der Waals surface area contributed by atoms with Gasteiger partial charge in [0.05, 0.1) is 20.1 Å². The van der Waals surface area contributed by atoms with Crippen molar-refractivity contribution in [3.8, 4) is 17.2 Å². The van der Waals surface area contributed by atoms with Crippen LogP contribution in [0.5, 0.6) is 17.2 Å². The molecule has 0 radical (unpaired) electrons. The third-order valence-electron chi connectivity index (χ3n) is 9.00. The van der Waals surface area contributed by atoms with E-state index in [0.717, 1.165) is 29.5 Å². The molecule has 252 valence electrons. The predicted molar refractivity (Wildman–Crippen MR) is 179 cm³/mol. The zero-order valence-electron chi connectivity index (χ0n) is 28.3. The minimum absolute atomic E-state index is 0.127. The molecule has 1 aliphatic heterocycles. The molecule has 1 amide bonds. The Morgan fingerprint density at radius 1 is 0.915 bits per heavy atom. The van der Waals surface area contributed by atoms with E-state index in [-0.39, 0.29) is 5.91 Å². The van der Waals surface area contributed by atoms with E-state index in [1.807, 2.05) is 32.0 Å². The van der Waals surface area contributed by atoms with Gasteiger partial charge in [-0.15, -0.1) is 0 Å². The van der Waals surface area contributed by atoms with Crippen LogP contribution in [0.25, 0.3) is 0 Å². The number of aryl methyl sites for hydroxylation is 4. The van der Waals surface area contributed by atoms with Crippen LogP contribution in [0.15, 0.2) is 54.6 Å². The number of piperidine rings is 1. The topological polar surface area (TPSA) is 112 Å². The molecule has 1 saturated heterocycles. The number of carbonyl (C=O) groups excluding carboxylic acids is 2. The fourth-order valence-corrected chi connectivity index (χ4v) is 6.35. The van der Waals surface area contributed by atoms with Crippen molar-refractivity contribution in [3.05, 3.63) is 88.0 Å². The third kappa shape index (κ3) is 8.64. The lowest BCUT2D eigenvalue weighted by Gasteiger charge is -2.37. The Morgan fingerprint density at radius 3 is 2.36 bits per heavy atom. The van der Waals surface area contributed by atoms with Gasteiger partial charge in [0.25, 0.3) is 0 Å². The Balaban J connectivity index is 1.62. The summed E-state index contributed by atoms with van der Waals surface area (Å²) in [5, 5.41) is 9.26. The van der Waals surface area contributed by atoms with E-state index in [1.54, 1.807) is 37.3 Å². The van der Waals surface area contributed by atoms with Crippen molar-refractivity contribution in [2.75, 3.05) is 27.4 Å². The number of nitrogens with zero attached hydrogens (tertiary/aromatic N) is 1. The molecular formula is C38H47NO8. The van der Waals surface area contributed by atoms with Crippen LogP contribution in [0.4, 0.5) is 0 Å². The van der Waals surface area contributed by atoms with Crippen LogP contribution in [0.3, 0.4) is 0 Å². The molecule has 0 saturated carbocycles. The monoisotopic (exact) mass is 645 g/mol. The van der Waals surface area contributed by atoms with Crippen LogP contribution in [-0.2, 0) is 25.5 Å². The number of aliphatic carboxylic acids is 1. The second-order valence-corrected chi connectivity index (χ2v) is 12.2. The molecule has 1 heterocycles. The number of amides is 1. The number of carboxylic acid groups (broad SMARTS) is 1. The van der Waals surface area contributed by atoms with E-state index >= 15 is 0 Å². The molecule has 3 aromatic carbocycles. The fraction of sp³-hybridized carbons (Fsp3) is 0.447. The second kappa shape index (κ2) is 16.3. The Kier molecular flexibility index (Phi) is 12.3. The summed E-state index contributed by atoms with van der Waals surface area (Å²) in [4.78, 5) is 41.3. The van der Waals surface area contributed by atoms with Gasteiger partial charge in [0.15, 0.2) is 18.1 Å². The first-order chi connectivity index (χ1) is 22.6. The minimum Gasteiger partial charge on any atom is -0.493 e. The van der Waals surface area contributed by atoms with Crippen molar-refractivity contribution in [1.82, 2.24) is 4.90 Å². The second-order valence-electron chi connectivity index (χ2n) is 12.2. The van der Waals surface area contributed by atoms with Crippen molar-refractivity contribution >= 4 is 17.8 Å². The first-order valence-corrected chi connectivity index (χ1v) is 16.3. The molecule has 3 aromatic rings. The van der Waals surface area contributed by atoms with Gasteiger partial charge in [-0.3, -0.25) is 4.79 Å². The largest absolute Gasteiger partial charge is 0.493 e. The molecule has 0 aromatic heterocycles. The van der Waals surface area contributed by atoms with E-state index in [2.05, 4.69) is 32.0 Å². The molecule has 1 fully saturated rings. The maximum atomic E-state index is 14.2. The average molecular weight is 646 g/mol. The van der Waals surface area contributed by atoms with Crippen LogP contribution >= 0.6 is 0 Å². The number of hydrogen-bond donors (Lipinski definition) is 1.